The van der Waals surface area contributed by atoms with E-state index in [1.807, 2.05) is 0 Å². The smallest absolute Gasteiger partial charge is 0.222 e. The van der Waals surface area contributed by atoms with Crippen molar-refractivity contribution in [2.75, 3.05) is 19.8 Å². The van der Waals surface area contributed by atoms with Gasteiger partial charge in [-0.3, -0.25) is 0 Å². The first-order chi connectivity index (χ1) is 19.5. The average molecular weight is 551 g/mol. The Bertz CT molecular complexity index is 1300. The second-order valence-corrected chi connectivity index (χ2v) is 10.2. The van der Waals surface area contributed by atoms with Crippen molar-refractivity contribution in [3.05, 3.63) is 77.6 Å². The normalized spacial score (nSPS) is 16.8. The lowest BCUT2D eigenvalue weighted by atomic mass is 9.99. The minimum absolute atomic E-state index is 0.0825. The molecule has 3 aromatic carbocycles. The molecule has 0 unspecified atom stereocenters. The largest absolute Gasteiger partial charge is 0.490 e. The van der Waals surface area contributed by atoms with Crippen LogP contribution in [0.25, 0.3) is 22.3 Å². The number of halogens is 3. The third-order valence-corrected chi connectivity index (χ3v) is 7.06. The lowest BCUT2D eigenvalue weighted by Gasteiger charge is -2.26. The fourth-order valence-electron chi connectivity index (χ4n) is 4.65. The van der Waals surface area contributed by atoms with Gasteiger partial charge in [0, 0.05) is 11.5 Å². The molecule has 0 spiro atoms. The lowest BCUT2D eigenvalue weighted by molar-refractivity contribution is -0.170. The Hall–Kier alpha value is -3.27. The molecule has 0 amide bonds. The number of rotatable bonds is 11. The minimum Gasteiger partial charge on any atom is -0.490 e. The van der Waals surface area contributed by atoms with E-state index < -0.39 is 23.7 Å². The van der Waals surface area contributed by atoms with Crippen LogP contribution in [0.3, 0.4) is 0 Å². The Labute approximate surface area is 235 Å². The van der Waals surface area contributed by atoms with Gasteiger partial charge in [0.25, 0.3) is 0 Å². The van der Waals surface area contributed by atoms with Crippen LogP contribution >= 0.6 is 0 Å². The Morgan fingerprint density at radius 3 is 2.15 bits per heavy atom. The molecule has 0 aliphatic carbocycles. The van der Waals surface area contributed by atoms with Gasteiger partial charge >= 0.3 is 0 Å². The molecule has 0 saturated carbocycles. The summed E-state index contributed by atoms with van der Waals surface area (Å²) in [6.45, 7) is 5.80. The summed E-state index contributed by atoms with van der Waals surface area (Å²) >= 11 is 0. The molecule has 0 radical (unpaired) electrons. The van der Waals surface area contributed by atoms with E-state index in [0.29, 0.717) is 36.9 Å². The van der Waals surface area contributed by atoms with E-state index >= 15 is 0 Å². The van der Waals surface area contributed by atoms with Gasteiger partial charge in [-0.05, 0) is 59.7 Å². The van der Waals surface area contributed by atoms with Crippen molar-refractivity contribution >= 4 is 0 Å². The Morgan fingerprint density at radius 1 is 0.775 bits per heavy atom. The van der Waals surface area contributed by atoms with Crippen molar-refractivity contribution in [1.29, 1.82) is 0 Å². The molecule has 1 fully saturated rings. The molecule has 6 heteroatoms. The van der Waals surface area contributed by atoms with Crippen LogP contribution in [0.2, 0.25) is 0 Å². The molecule has 0 N–H and O–H groups in total. The summed E-state index contributed by atoms with van der Waals surface area (Å²) in [6.07, 6.45) is 6.77. The zero-order valence-corrected chi connectivity index (χ0v) is 23.3. The summed E-state index contributed by atoms with van der Waals surface area (Å²) in [4.78, 5) is 0. The van der Waals surface area contributed by atoms with Gasteiger partial charge in [-0.1, -0.05) is 82.2 Å². The van der Waals surface area contributed by atoms with E-state index in [4.69, 9.17) is 14.2 Å². The van der Waals surface area contributed by atoms with Gasteiger partial charge < -0.3 is 14.2 Å². The molecule has 1 aliphatic rings. The van der Waals surface area contributed by atoms with Gasteiger partial charge in [-0.2, -0.15) is 4.39 Å². The summed E-state index contributed by atoms with van der Waals surface area (Å²) in [7, 11) is 0. The fraction of sp³-hybridized carbons (Fsp3) is 0.412. The first kappa shape index (κ1) is 29.7. The highest BCUT2D eigenvalue weighted by Crippen LogP contribution is 2.32. The van der Waals surface area contributed by atoms with Crippen molar-refractivity contribution in [1.82, 2.24) is 0 Å². The van der Waals surface area contributed by atoms with Crippen LogP contribution in [0.4, 0.5) is 13.2 Å². The maximum Gasteiger partial charge on any atom is 0.222 e. The van der Waals surface area contributed by atoms with Crippen LogP contribution in [-0.2, 0) is 9.47 Å². The standard InChI is InChI=1S/C34H37F3O3/c1-3-5-7-9-24-22-39-32(40-23-24)19-16-27-14-15-28(21-30(27)35)25-10-12-26(13-11-25)29-17-18-31(34(37)33(29)36)38-20-8-6-4-2/h10-15,17-18,21,24,32H,3-9,20,22-23H2,1-2H3. The maximum absolute atomic E-state index is 14.8. The zero-order valence-electron chi connectivity index (χ0n) is 23.3. The number of ether oxygens (including phenoxy) is 3. The highest BCUT2D eigenvalue weighted by Gasteiger charge is 2.20. The SMILES string of the molecule is CCCCCOc1ccc(-c2ccc(-c3ccc(C#CC4OCC(CCCCC)CO4)c(F)c3)cc2)c(F)c1F. The summed E-state index contributed by atoms with van der Waals surface area (Å²) < 4.78 is 61.0. The molecule has 0 bridgehead atoms. The van der Waals surface area contributed by atoms with E-state index in [2.05, 4.69) is 25.7 Å². The van der Waals surface area contributed by atoms with Crippen molar-refractivity contribution < 1.29 is 27.4 Å². The van der Waals surface area contributed by atoms with Gasteiger partial charge in [-0.25, -0.2) is 8.78 Å². The van der Waals surface area contributed by atoms with Crippen LogP contribution in [-0.4, -0.2) is 26.1 Å². The predicted molar refractivity (Wildman–Crippen MR) is 152 cm³/mol. The van der Waals surface area contributed by atoms with Gasteiger partial charge in [0.15, 0.2) is 11.6 Å². The Balaban J connectivity index is 1.38. The van der Waals surface area contributed by atoms with Gasteiger partial charge in [0.2, 0.25) is 12.1 Å². The van der Waals surface area contributed by atoms with E-state index in [9.17, 15) is 13.2 Å². The van der Waals surface area contributed by atoms with Crippen molar-refractivity contribution in [2.45, 2.75) is 65.1 Å². The molecule has 212 valence electrons. The number of benzene rings is 3. The molecule has 1 saturated heterocycles. The highest BCUT2D eigenvalue weighted by molar-refractivity contribution is 5.71. The molecule has 0 aromatic heterocycles. The van der Waals surface area contributed by atoms with E-state index in [1.54, 1.807) is 36.4 Å². The van der Waals surface area contributed by atoms with Gasteiger partial charge in [-0.15, -0.1) is 0 Å². The first-order valence-electron chi connectivity index (χ1n) is 14.3. The van der Waals surface area contributed by atoms with E-state index in [-0.39, 0.29) is 16.9 Å². The molecule has 40 heavy (non-hydrogen) atoms. The van der Waals surface area contributed by atoms with Crippen molar-refractivity contribution in [3.8, 4) is 39.8 Å². The molecule has 3 aromatic rings. The number of hydrogen-bond donors (Lipinski definition) is 0. The summed E-state index contributed by atoms with van der Waals surface area (Å²) in [6, 6.07) is 14.7. The lowest BCUT2D eigenvalue weighted by Crippen LogP contribution is -2.31. The maximum atomic E-state index is 14.8. The van der Waals surface area contributed by atoms with Crippen LogP contribution in [0.1, 0.15) is 64.4 Å². The average Bonchev–Trinajstić information content (AvgIpc) is 2.98. The monoisotopic (exact) mass is 550 g/mol. The van der Waals surface area contributed by atoms with Crippen LogP contribution in [0, 0.1) is 35.2 Å². The summed E-state index contributed by atoms with van der Waals surface area (Å²) in [5.41, 5.74) is 2.30. The second kappa shape index (κ2) is 14.9. The van der Waals surface area contributed by atoms with Gasteiger partial charge in [0.05, 0.1) is 25.4 Å². The van der Waals surface area contributed by atoms with Gasteiger partial charge in [0.1, 0.15) is 5.82 Å². The molecule has 3 nitrogen and oxygen atoms in total. The van der Waals surface area contributed by atoms with E-state index in [0.717, 1.165) is 31.2 Å². The molecular formula is C34H37F3O3. The first-order valence-corrected chi connectivity index (χ1v) is 14.3. The number of hydrogen-bond acceptors (Lipinski definition) is 3. The van der Waals surface area contributed by atoms with E-state index in [1.165, 1.54) is 37.5 Å². The molecule has 0 atom stereocenters. The summed E-state index contributed by atoms with van der Waals surface area (Å²) in [5.74, 6) is 3.61. The summed E-state index contributed by atoms with van der Waals surface area (Å²) in [5, 5.41) is 0. The molecule has 1 heterocycles. The third kappa shape index (κ3) is 7.90. The molecule has 4 rings (SSSR count). The van der Waals surface area contributed by atoms with Crippen molar-refractivity contribution in [3.63, 3.8) is 0 Å². The quantitative estimate of drug-likeness (QED) is 0.176. The third-order valence-electron chi connectivity index (χ3n) is 7.06. The minimum atomic E-state index is -0.993. The second-order valence-electron chi connectivity index (χ2n) is 10.2. The van der Waals surface area contributed by atoms with Crippen LogP contribution in [0.5, 0.6) is 5.75 Å². The van der Waals surface area contributed by atoms with Crippen molar-refractivity contribution in [2.24, 2.45) is 5.92 Å². The predicted octanol–water partition coefficient (Wildman–Crippen LogP) is 8.93. The molecule has 1 aliphatic heterocycles. The Morgan fingerprint density at radius 2 is 1.45 bits per heavy atom. The zero-order chi connectivity index (χ0) is 28.3. The van der Waals surface area contributed by atoms with Crippen LogP contribution in [0.15, 0.2) is 54.6 Å². The highest BCUT2D eigenvalue weighted by atomic mass is 19.2. The topological polar surface area (TPSA) is 27.7 Å². The van der Waals surface area contributed by atoms with Crippen LogP contribution < -0.4 is 4.74 Å². The molecular weight excluding hydrogens is 513 g/mol. The number of unbranched alkanes of at least 4 members (excludes halogenated alkanes) is 4. The fourth-order valence-corrected chi connectivity index (χ4v) is 4.65. The Kier molecular flexibility index (Phi) is 11.1.